The number of hydrogen-bond acceptors (Lipinski definition) is 4. The van der Waals surface area contributed by atoms with Crippen LogP contribution in [0, 0.1) is 5.92 Å². The zero-order chi connectivity index (χ0) is 13.3. The third-order valence-electron chi connectivity index (χ3n) is 3.43. The predicted molar refractivity (Wildman–Crippen MR) is 69.8 cm³/mol. The number of aliphatic hydroxyl groups excluding tert-OH is 1. The first-order chi connectivity index (χ1) is 8.47. The van der Waals surface area contributed by atoms with Gasteiger partial charge in [-0.2, -0.15) is 0 Å². The molecule has 0 atom stereocenters. The predicted octanol–water partition coefficient (Wildman–Crippen LogP) is 1.17. The Kier molecular flexibility index (Phi) is 3.43. The van der Waals surface area contributed by atoms with Crippen LogP contribution in [-0.4, -0.2) is 35.9 Å². The number of aliphatic hydroxyl groups is 1. The fourth-order valence-corrected chi connectivity index (χ4v) is 2.34. The van der Waals surface area contributed by atoms with Gasteiger partial charge in [0.05, 0.1) is 23.0 Å². The van der Waals surface area contributed by atoms with E-state index in [9.17, 15) is 9.90 Å². The molecule has 1 aromatic carbocycles. The number of carboxylic acids is 1. The zero-order valence-corrected chi connectivity index (χ0v) is 10.3. The molecule has 4 N–H and O–H groups in total. The molecule has 5 heteroatoms. The summed E-state index contributed by atoms with van der Waals surface area (Å²) < 4.78 is 0. The van der Waals surface area contributed by atoms with Crippen LogP contribution >= 0.6 is 0 Å². The molecule has 0 aromatic heterocycles. The van der Waals surface area contributed by atoms with Crippen molar-refractivity contribution in [1.29, 1.82) is 0 Å². The van der Waals surface area contributed by atoms with Gasteiger partial charge in [-0.05, 0) is 37.0 Å². The highest BCUT2D eigenvalue weighted by Gasteiger charge is 2.28. The third-order valence-corrected chi connectivity index (χ3v) is 3.43. The molecule has 18 heavy (non-hydrogen) atoms. The molecule has 1 aliphatic rings. The molecule has 0 amide bonds. The summed E-state index contributed by atoms with van der Waals surface area (Å²) >= 11 is 0. The summed E-state index contributed by atoms with van der Waals surface area (Å²) in [5, 5.41) is 18.2. The number of benzene rings is 1. The van der Waals surface area contributed by atoms with Gasteiger partial charge < -0.3 is 20.8 Å². The van der Waals surface area contributed by atoms with Crippen LogP contribution in [-0.2, 0) is 0 Å². The van der Waals surface area contributed by atoms with E-state index in [0.717, 1.165) is 25.1 Å². The molecule has 1 saturated carbocycles. The van der Waals surface area contributed by atoms with Crippen LogP contribution in [0.1, 0.15) is 23.2 Å². The van der Waals surface area contributed by atoms with Gasteiger partial charge in [0.25, 0.3) is 0 Å². The third kappa shape index (κ3) is 2.56. The Labute approximate surface area is 106 Å². The van der Waals surface area contributed by atoms with Gasteiger partial charge in [0.15, 0.2) is 0 Å². The fourth-order valence-electron chi connectivity index (χ4n) is 2.34. The second kappa shape index (κ2) is 4.86. The van der Waals surface area contributed by atoms with Gasteiger partial charge in [0, 0.05) is 13.6 Å². The Morgan fingerprint density at radius 2 is 2.17 bits per heavy atom. The molecule has 0 spiro atoms. The lowest BCUT2D eigenvalue weighted by Gasteiger charge is -2.35. The van der Waals surface area contributed by atoms with Gasteiger partial charge in [0.2, 0.25) is 0 Å². The van der Waals surface area contributed by atoms with E-state index in [4.69, 9.17) is 10.8 Å². The van der Waals surface area contributed by atoms with Crippen molar-refractivity contribution in [3.05, 3.63) is 23.8 Å². The molecule has 98 valence electrons. The summed E-state index contributed by atoms with van der Waals surface area (Å²) in [4.78, 5) is 12.9. The van der Waals surface area contributed by atoms with Gasteiger partial charge in [-0.1, -0.05) is 0 Å². The average Bonchev–Trinajstić information content (AvgIpc) is 2.27. The summed E-state index contributed by atoms with van der Waals surface area (Å²) in [7, 11) is 1.89. The van der Waals surface area contributed by atoms with E-state index >= 15 is 0 Å². The molecule has 0 radical (unpaired) electrons. The number of hydrogen-bond donors (Lipinski definition) is 3. The highest BCUT2D eigenvalue weighted by Crippen LogP contribution is 2.31. The van der Waals surface area contributed by atoms with E-state index in [1.165, 1.54) is 6.07 Å². The minimum absolute atomic E-state index is 0.175. The highest BCUT2D eigenvalue weighted by molar-refractivity contribution is 5.90. The molecule has 1 aromatic rings. The first-order valence-electron chi connectivity index (χ1n) is 5.99. The van der Waals surface area contributed by atoms with E-state index in [0.29, 0.717) is 11.6 Å². The number of nitrogens with two attached hydrogens (primary N) is 1. The number of nitrogen functional groups attached to an aromatic ring is 1. The van der Waals surface area contributed by atoms with Gasteiger partial charge in [-0.3, -0.25) is 0 Å². The van der Waals surface area contributed by atoms with Crippen molar-refractivity contribution in [3.63, 3.8) is 0 Å². The van der Waals surface area contributed by atoms with E-state index in [1.54, 1.807) is 12.1 Å². The first-order valence-corrected chi connectivity index (χ1v) is 5.99. The summed E-state index contributed by atoms with van der Waals surface area (Å²) in [6.07, 6.45) is 1.44. The van der Waals surface area contributed by atoms with Crippen LogP contribution in [0.4, 0.5) is 11.4 Å². The summed E-state index contributed by atoms with van der Waals surface area (Å²) in [6, 6.07) is 4.71. The second-order valence-electron chi connectivity index (χ2n) is 4.95. The number of aromatic carboxylic acids is 1. The Hall–Kier alpha value is -1.75. The Balaban J connectivity index is 2.10. The lowest BCUT2D eigenvalue weighted by atomic mass is 9.82. The van der Waals surface area contributed by atoms with Crippen LogP contribution in [0.2, 0.25) is 0 Å². The summed E-state index contributed by atoms with van der Waals surface area (Å²) in [6.45, 7) is 0.782. The molecular weight excluding hydrogens is 232 g/mol. The van der Waals surface area contributed by atoms with Crippen molar-refractivity contribution in [1.82, 2.24) is 0 Å². The van der Waals surface area contributed by atoms with Crippen molar-refractivity contribution < 1.29 is 15.0 Å². The zero-order valence-electron chi connectivity index (χ0n) is 10.3. The molecule has 5 nitrogen and oxygen atoms in total. The molecule has 1 aliphatic carbocycles. The molecular formula is C13H18N2O3. The minimum atomic E-state index is -0.955. The lowest BCUT2D eigenvalue weighted by Crippen LogP contribution is -2.37. The maximum atomic E-state index is 10.9. The van der Waals surface area contributed by atoms with Crippen LogP contribution < -0.4 is 10.6 Å². The lowest BCUT2D eigenvalue weighted by molar-refractivity contribution is 0.0465. The largest absolute Gasteiger partial charge is 0.478 e. The number of rotatable bonds is 4. The van der Waals surface area contributed by atoms with Gasteiger partial charge in [-0.25, -0.2) is 4.79 Å². The molecule has 0 saturated heterocycles. The van der Waals surface area contributed by atoms with Crippen LogP contribution in [0.3, 0.4) is 0 Å². The summed E-state index contributed by atoms with van der Waals surface area (Å²) in [5.74, 6) is -0.499. The van der Waals surface area contributed by atoms with Crippen LogP contribution in [0.15, 0.2) is 18.2 Å². The Bertz CT molecular complexity index is 456. The first kappa shape index (κ1) is 12.7. The summed E-state index contributed by atoms with van der Waals surface area (Å²) in [5.41, 5.74) is 7.41. The van der Waals surface area contributed by atoms with Crippen molar-refractivity contribution in [2.45, 2.75) is 18.9 Å². The molecule has 0 bridgehead atoms. The van der Waals surface area contributed by atoms with Crippen LogP contribution in [0.25, 0.3) is 0 Å². The molecule has 0 unspecified atom stereocenters. The number of carboxylic acid groups (broad SMARTS) is 1. The fraction of sp³-hybridized carbons (Fsp3) is 0.462. The Morgan fingerprint density at radius 1 is 1.50 bits per heavy atom. The van der Waals surface area contributed by atoms with Crippen molar-refractivity contribution >= 4 is 17.3 Å². The van der Waals surface area contributed by atoms with Crippen molar-refractivity contribution in [3.8, 4) is 0 Å². The van der Waals surface area contributed by atoms with Gasteiger partial charge in [0.1, 0.15) is 0 Å². The number of carbonyl (C=O) groups is 1. The van der Waals surface area contributed by atoms with E-state index in [1.807, 2.05) is 11.9 Å². The van der Waals surface area contributed by atoms with E-state index in [2.05, 4.69) is 0 Å². The molecule has 1 fully saturated rings. The van der Waals surface area contributed by atoms with Gasteiger partial charge >= 0.3 is 5.97 Å². The molecule has 2 rings (SSSR count). The standard InChI is InChI=1S/C13H18N2O3/c1-15(7-8-4-10(16)5-8)12-6-9(13(17)18)2-3-11(12)14/h2-3,6,8,10,16H,4-5,7,14H2,1H3,(H,17,18). The smallest absolute Gasteiger partial charge is 0.335 e. The maximum absolute atomic E-state index is 10.9. The topological polar surface area (TPSA) is 86.8 Å². The maximum Gasteiger partial charge on any atom is 0.335 e. The highest BCUT2D eigenvalue weighted by atomic mass is 16.4. The SMILES string of the molecule is CN(CC1CC(O)C1)c1cc(C(=O)O)ccc1N. The quantitative estimate of drug-likeness (QED) is 0.698. The van der Waals surface area contributed by atoms with Gasteiger partial charge in [-0.15, -0.1) is 0 Å². The molecule has 0 heterocycles. The van der Waals surface area contributed by atoms with E-state index < -0.39 is 5.97 Å². The van der Waals surface area contributed by atoms with E-state index in [-0.39, 0.29) is 11.7 Å². The minimum Gasteiger partial charge on any atom is -0.478 e. The van der Waals surface area contributed by atoms with Crippen LogP contribution in [0.5, 0.6) is 0 Å². The van der Waals surface area contributed by atoms with Crippen molar-refractivity contribution in [2.24, 2.45) is 5.92 Å². The normalized spacial score (nSPS) is 22.3. The average molecular weight is 250 g/mol. The monoisotopic (exact) mass is 250 g/mol. The Morgan fingerprint density at radius 3 is 2.72 bits per heavy atom. The number of nitrogens with zero attached hydrogens (tertiary/aromatic N) is 1. The van der Waals surface area contributed by atoms with Crippen molar-refractivity contribution in [2.75, 3.05) is 24.2 Å². The number of anilines is 2. The molecule has 0 aliphatic heterocycles. The second-order valence-corrected chi connectivity index (χ2v) is 4.95.